The van der Waals surface area contributed by atoms with E-state index in [1.54, 1.807) is 24.3 Å². The SMILES string of the molecule is O=C(/C=C/c1ccc(Cl)cc1Cl)NCCSC1CCCCC1. The van der Waals surface area contributed by atoms with Gasteiger partial charge in [-0.15, -0.1) is 0 Å². The number of halogens is 2. The van der Waals surface area contributed by atoms with Crippen LogP contribution in [0.2, 0.25) is 10.0 Å². The van der Waals surface area contributed by atoms with Gasteiger partial charge in [-0.05, 0) is 36.6 Å². The highest BCUT2D eigenvalue weighted by molar-refractivity contribution is 7.99. The first kappa shape index (κ1) is 17.7. The summed E-state index contributed by atoms with van der Waals surface area (Å²) in [5, 5.41) is 4.83. The highest BCUT2D eigenvalue weighted by Crippen LogP contribution is 2.27. The molecule has 1 aromatic rings. The van der Waals surface area contributed by atoms with E-state index in [2.05, 4.69) is 5.32 Å². The number of thioether (sulfide) groups is 1. The smallest absolute Gasteiger partial charge is 0.244 e. The van der Waals surface area contributed by atoms with E-state index in [0.717, 1.165) is 16.6 Å². The third-order valence-corrected chi connectivity index (χ3v) is 5.63. The van der Waals surface area contributed by atoms with Gasteiger partial charge in [0.2, 0.25) is 5.91 Å². The Morgan fingerprint density at radius 2 is 2.05 bits per heavy atom. The maximum absolute atomic E-state index is 11.8. The number of nitrogens with one attached hydrogen (secondary N) is 1. The molecule has 120 valence electrons. The van der Waals surface area contributed by atoms with Crippen molar-refractivity contribution in [1.82, 2.24) is 5.32 Å². The van der Waals surface area contributed by atoms with Crippen LogP contribution in [0, 0.1) is 0 Å². The molecule has 1 aliphatic rings. The van der Waals surface area contributed by atoms with Crippen LogP contribution in [0.1, 0.15) is 37.7 Å². The third kappa shape index (κ3) is 6.23. The number of carbonyl (C=O) groups is 1. The largest absolute Gasteiger partial charge is 0.352 e. The van der Waals surface area contributed by atoms with Crippen LogP contribution in [0.4, 0.5) is 0 Å². The minimum Gasteiger partial charge on any atom is -0.352 e. The molecule has 0 heterocycles. The van der Waals surface area contributed by atoms with Crippen LogP contribution in [0.15, 0.2) is 24.3 Å². The lowest BCUT2D eigenvalue weighted by molar-refractivity contribution is -0.116. The topological polar surface area (TPSA) is 29.1 Å². The average molecular weight is 358 g/mol. The molecule has 2 rings (SSSR count). The van der Waals surface area contributed by atoms with Crippen LogP contribution in [0.25, 0.3) is 6.08 Å². The molecule has 1 fully saturated rings. The van der Waals surface area contributed by atoms with Gasteiger partial charge < -0.3 is 5.32 Å². The maximum atomic E-state index is 11.8. The Labute approximate surface area is 146 Å². The van der Waals surface area contributed by atoms with E-state index in [-0.39, 0.29) is 5.91 Å². The van der Waals surface area contributed by atoms with Gasteiger partial charge in [0.15, 0.2) is 0 Å². The van der Waals surface area contributed by atoms with Crippen molar-refractivity contribution < 1.29 is 4.79 Å². The summed E-state index contributed by atoms with van der Waals surface area (Å²) in [4.78, 5) is 11.8. The second-order valence-corrected chi connectivity index (χ2v) is 7.67. The van der Waals surface area contributed by atoms with Crippen LogP contribution in [0.3, 0.4) is 0 Å². The zero-order chi connectivity index (χ0) is 15.8. The fourth-order valence-corrected chi connectivity index (χ4v) is 4.18. The van der Waals surface area contributed by atoms with Gasteiger partial charge in [0.25, 0.3) is 0 Å². The van der Waals surface area contributed by atoms with E-state index in [0.29, 0.717) is 16.6 Å². The molecule has 0 radical (unpaired) electrons. The Bertz CT molecular complexity index is 527. The summed E-state index contributed by atoms with van der Waals surface area (Å²) in [7, 11) is 0. The lowest BCUT2D eigenvalue weighted by Crippen LogP contribution is -2.24. The molecule has 0 spiro atoms. The minimum absolute atomic E-state index is 0.0877. The van der Waals surface area contributed by atoms with Crippen LogP contribution in [-0.2, 0) is 4.79 Å². The molecule has 0 unspecified atom stereocenters. The average Bonchev–Trinajstić information content (AvgIpc) is 2.52. The summed E-state index contributed by atoms with van der Waals surface area (Å²) in [6, 6.07) is 5.22. The van der Waals surface area contributed by atoms with Crippen molar-refractivity contribution in [2.45, 2.75) is 37.4 Å². The predicted octanol–water partition coefficient (Wildman–Crippen LogP) is 5.19. The summed E-state index contributed by atoms with van der Waals surface area (Å²) in [5.74, 6) is 0.890. The van der Waals surface area contributed by atoms with E-state index in [4.69, 9.17) is 23.2 Å². The second-order valence-electron chi connectivity index (χ2n) is 5.42. The lowest BCUT2D eigenvalue weighted by atomic mass is 10.0. The molecule has 0 atom stereocenters. The van der Waals surface area contributed by atoms with Crippen LogP contribution in [-0.4, -0.2) is 23.5 Å². The van der Waals surface area contributed by atoms with E-state index >= 15 is 0 Å². The van der Waals surface area contributed by atoms with Crippen LogP contribution < -0.4 is 5.32 Å². The molecule has 1 saturated carbocycles. The molecule has 22 heavy (non-hydrogen) atoms. The normalized spacial score (nSPS) is 16.1. The second kappa shape index (κ2) is 9.49. The van der Waals surface area contributed by atoms with Gasteiger partial charge in [-0.1, -0.05) is 48.5 Å². The first-order chi connectivity index (χ1) is 10.6. The van der Waals surface area contributed by atoms with Crippen LogP contribution >= 0.6 is 35.0 Å². The highest BCUT2D eigenvalue weighted by atomic mass is 35.5. The number of hydrogen-bond donors (Lipinski definition) is 1. The number of carbonyl (C=O) groups excluding carboxylic acids is 1. The Morgan fingerprint density at radius 1 is 1.27 bits per heavy atom. The quantitative estimate of drug-likeness (QED) is 0.560. The van der Waals surface area contributed by atoms with Crippen molar-refractivity contribution in [3.8, 4) is 0 Å². The molecule has 5 heteroatoms. The number of rotatable bonds is 6. The Hall–Kier alpha value is -0.640. The Balaban J connectivity index is 1.67. The molecule has 0 aliphatic heterocycles. The number of amides is 1. The van der Waals surface area contributed by atoms with Crippen molar-refractivity contribution in [1.29, 1.82) is 0 Å². The van der Waals surface area contributed by atoms with Gasteiger partial charge in [-0.3, -0.25) is 4.79 Å². The van der Waals surface area contributed by atoms with Gasteiger partial charge >= 0.3 is 0 Å². The summed E-state index contributed by atoms with van der Waals surface area (Å²) in [5.41, 5.74) is 0.790. The zero-order valence-electron chi connectivity index (χ0n) is 12.5. The Kier molecular flexibility index (Phi) is 7.64. The molecule has 1 N–H and O–H groups in total. The molecule has 1 aliphatic carbocycles. The Morgan fingerprint density at radius 3 is 2.77 bits per heavy atom. The molecule has 1 amide bonds. The molecule has 1 aromatic carbocycles. The van der Waals surface area contributed by atoms with Gasteiger partial charge in [0.1, 0.15) is 0 Å². The summed E-state index contributed by atoms with van der Waals surface area (Å²) in [6.07, 6.45) is 9.97. The van der Waals surface area contributed by atoms with Crippen molar-refractivity contribution in [2.75, 3.05) is 12.3 Å². The van der Waals surface area contributed by atoms with Crippen molar-refractivity contribution in [2.24, 2.45) is 0 Å². The summed E-state index contributed by atoms with van der Waals surface area (Å²) < 4.78 is 0. The van der Waals surface area contributed by atoms with Gasteiger partial charge in [-0.2, -0.15) is 11.8 Å². The first-order valence-electron chi connectivity index (χ1n) is 7.68. The van der Waals surface area contributed by atoms with E-state index in [1.165, 1.54) is 38.2 Å². The summed E-state index contributed by atoms with van der Waals surface area (Å²) in [6.45, 7) is 0.707. The zero-order valence-corrected chi connectivity index (χ0v) is 14.8. The molecular weight excluding hydrogens is 337 g/mol. The molecule has 2 nitrogen and oxygen atoms in total. The molecular formula is C17H21Cl2NOS. The van der Waals surface area contributed by atoms with Crippen molar-refractivity contribution in [3.05, 3.63) is 39.9 Å². The minimum atomic E-state index is -0.0877. The number of benzene rings is 1. The molecule has 0 aromatic heterocycles. The molecule has 0 bridgehead atoms. The van der Waals surface area contributed by atoms with E-state index < -0.39 is 0 Å². The van der Waals surface area contributed by atoms with Crippen molar-refractivity contribution in [3.63, 3.8) is 0 Å². The van der Waals surface area contributed by atoms with E-state index in [9.17, 15) is 4.79 Å². The standard InChI is InChI=1S/C17H21Cl2NOS/c18-14-8-6-13(16(19)12-14)7-9-17(21)20-10-11-22-15-4-2-1-3-5-15/h6-9,12,15H,1-5,10-11H2,(H,20,21)/b9-7+. The van der Waals surface area contributed by atoms with Gasteiger partial charge in [0.05, 0.1) is 0 Å². The van der Waals surface area contributed by atoms with Gasteiger partial charge in [-0.25, -0.2) is 0 Å². The predicted molar refractivity (Wildman–Crippen MR) is 97.8 cm³/mol. The van der Waals surface area contributed by atoms with Gasteiger partial charge in [0, 0.05) is 33.7 Å². The number of hydrogen-bond acceptors (Lipinski definition) is 2. The highest BCUT2D eigenvalue weighted by Gasteiger charge is 2.13. The fraction of sp³-hybridized carbons (Fsp3) is 0.471. The van der Waals surface area contributed by atoms with Crippen LogP contribution in [0.5, 0.6) is 0 Å². The van der Waals surface area contributed by atoms with E-state index in [1.807, 2.05) is 11.8 Å². The molecule has 0 saturated heterocycles. The first-order valence-corrected chi connectivity index (χ1v) is 9.48. The maximum Gasteiger partial charge on any atom is 0.244 e. The summed E-state index contributed by atoms with van der Waals surface area (Å²) >= 11 is 13.9. The third-order valence-electron chi connectivity index (χ3n) is 3.68. The monoisotopic (exact) mass is 357 g/mol. The fourth-order valence-electron chi connectivity index (χ4n) is 2.49. The lowest BCUT2D eigenvalue weighted by Gasteiger charge is -2.20. The van der Waals surface area contributed by atoms with Crippen molar-refractivity contribution >= 4 is 46.9 Å².